The molecule has 0 atom stereocenters. The number of hydrogen-bond donors (Lipinski definition) is 1. The minimum atomic E-state index is -0.307. The van der Waals surface area contributed by atoms with Gasteiger partial charge in [-0.3, -0.25) is 4.79 Å². The molecule has 104 valence electrons. The quantitative estimate of drug-likeness (QED) is 0.490. The Bertz CT molecular complexity index is 429. The van der Waals surface area contributed by atoms with Crippen LogP contribution in [-0.4, -0.2) is 28.8 Å². The molecule has 0 aliphatic heterocycles. The molecule has 0 radical (unpaired) electrons. The first kappa shape index (κ1) is 16.5. The molecule has 1 aromatic carbocycles. The van der Waals surface area contributed by atoms with Crippen LogP contribution >= 0.6 is 22.4 Å². The molecule has 0 aliphatic carbocycles. The molecule has 5 heteroatoms. The Morgan fingerprint density at radius 1 is 1.42 bits per heavy atom. The first-order valence-electron chi connectivity index (χ1n) is 6.38. The van der Waals surface area contributed by atoms with Gasteiger partial charge >= 0.3 is 4.57 Å². The number of ether oxygens (including phenoxy) is 1. The molecule has 0 saturated heterocycles. The van der Waals surface area contributed by atoms with Crippen molar-refractivity contribution >= 4 is 38.3 Å². The molecular formula is C14H20BIO3. The second-order valence-electron chi connectivity index (χ2n) is 5.48. The van der Waals surface area contributed by atoms with E-state index in [0.29, 0.717) is 6.42 Å². The molecule has 0 aliphatic rings. The molecule has 0 fully saturated rings. The van der Waals surface area contributed by atoms with E-state index in [2.05, 4.69) is 55.3 Å². The first-order chi connectivity index (χ1) is 8.86. The van der Waals surface area contributed by atoms with Gasteiger partial charge in [-0.15, -0.1) is 22.4 Å². The monoisotopic (exact) mass is 374 g/mol. The Morgan fingerprint density at radius 2 is 2.11 bits per heavy atom. The van der Waals surface area contributed by atoms with E-state index in [1.165, 1.54) is 5.56 Å². The zero-order valence-corrected chi connectivity index (χ0v) is 13.8. The van der Waals surface area contributed by atoms with Crippen LogP contribution < -0.4 is 5.46 Å². The Hall–Kier alpha value is -0.555. The molecule has 0 unspecified atom stereocenters. The fourth-order valence-corrected chi connectivity index (χ4v) is 2.18. The van der Waals surface area contributed by atoms with E-state index < -0.39 is 0 Å². The Balaban J connectivity index is 2.76. The maximum atomic E-state index is 11.9. The number of carbonyl (C=O) groups excluding carboxylic acids is 1. The van der Waals surface area contributed by atoms with Crippen molar-refractivity contribution in [1.82, 2.24) is 0 Å². The second-order valence-corrected chi connectivity index (χ2v) is 6.73. The van der Waals surface area contributed by atoms with E-state index in [1.54, 1.807) is 0 Å². The van der Waals surface area contributed by atoms with Crippen LogP contribution in [-0.2, 0) is 10.2 Å². The predicted octanol–water partition coefficient (Wildman–Crippen LogP) is 2.72. The molecule has 1 N–H and O–H groups in total. The van der Waals surface area contributed by atoms with E-state index in [-0.39, 0.29) is 29.1 Å². The van der Waals surface area contributed by atoms with Crippen molar-refractivity contribution in [3.05, 3.63) is 29.8 Å². The average molecular weight is 374 g/mol. The largest absolute Gasteiger partial charge is 0.472 e. The van der Waals surface area contributed by atoms with Gasteiger partial charge in [0.1, 0.15) is 0 Å². The molecule has 19 heavy (non-hydrogen) atoms. The number of aliphatic hydroxyl groups excluding tert-OH is 1. The Labute approximate surface area is 128 Å². The minimum absolute atomic E-state index is 0.0404. The number of halogens is 1. The van der Waals surface area contributed by atoms with Gasteiger partial charge in [0.25, 0.3) is 5.87 Å². The second kappa shape index (κ2) is 7.29. The predicted molar refractivity (Wildman–Crippen MR) is 87.6 cm³/mol. The van der Waals surface area contributed by atoms with E-state index >= 15 is 0 Å². The third-order valence-electron chi connectivity index (χ3n) is 2.80. The highest BCUT2D eigenvalue weighted by atomic mass is 127. The molecule has 0 saturated carbocycles. The molecule has 1 rings (SSSR count). The van der Waals surface area contributed by atoms with Gasteiger partial charge in [0.05, 0.1) is 6.61 Å². The van der Waals surface area contributed by atoms with Crippen LogP contribution in [0.4, 0.5) is 4.79 Å². The summed E-state index contributed by atoms with van der Waals surface area (Å²) in [5.74, 6) is -0.250. The Morgan fingerprint density at radius 3 is 2.68 bits per heavy atom. The van der Waals surface area contributed by atoms with Gasteiger partial charge in [0.2, 0.25) is 0 Å². The number of hydrogen-bond acceptors (Lipinski definition) is 3. The van der Waals surface area contributed by atoms with Crippen LogP contribution in [0.15, 0.2) is 24.3 Å². The normalized spacial score (nSPS) is 11.2. The molecule has 0 heterocycles. The fraction of sp³-hybridized carbons (Fsp3) is 0.500. The van der Waals surface area contributed by atoms with Gasteiger partial charge in [-0.2, -0.15) is 0 Å². The van der Waals surface area contributed by atoms with Crippen LogP contribution in [0, 0.1) is 0 Å². The van der Waals surface area contributed by atoms with E-state index in [0.717, 1.165) is 5.46 Å². The standard InChI is InChI=1S/C14H20BIO3/c1-14(2,3)11-6-4-7-12(10-11)15(16)13(18)19-9-5-8-17/h4,6-7,10,17H,5,8-9H2,1-3H3. The highest BCUT2D eigenvalue weighted by Crippen LogP contribution is 2.21. The van der Waals surface area contributed by atoms with Crippen molar-refractivity contribution < 1.29 is 14.6 Å². The maximum absolute atomic E-state index is 11.9. The van der Waals surface area contributed by atoms with Crippen LogP contribution in [0.2, 0.25) is 0 Å². The van der Waals surface area contributed by atoms with E-state index in [9.17, 15) is 4.79 Å². The number of benzene rings is 1. The van der Waals surface area contributed by atoms with E-state index in [4.69, 9.17) is 9.84 Å². The number of rotatable bonds is 5. The summed E-state index contributed by atoms with van der Waals surface area (Å²) in [6.07, 6.45) is 0.483. The molecular weight excluding hydrogens is 354 g/mol. The molecule has 3 nitrogen and oxygen atoms in total. The van der Waals surface area contributed by atoms with Crippen molar-refractivity contribution in [1.29, 1.82) is 0 Å². The van der Waals surface area contributed by atoms with Crippen LogP contribution in [0.1, 0.15) is 32.8 Å². The van der Waals surface area contributed by atoms with Gasteiger partial charge < -0.3 is 9.84 Å². The number of carbonyl (C=O) groups is 1. The molecule has 0 amide bonds. The highest BCUT2D eigenvalue weighted by Gasteiger charge is 2.25. The number of aliphatic hydroxyl groups is 1. The molecule has 0 bridgehead atoms. The van der Waals surface area contributed by atoms with Crippen LogP contribution in [0.3, 0.4) is 0 Å². The lowest BCUT2D eigenvalue weighted by Gasteiger charge is -2.20. The molecule has 0 spiro atoms. The van der Waals surface area contributed by atoms with Crippen molar-refractivity contribution in [2.45, 2.75) is 32.6 Å². The zero-order chi connectivity index (χ0) is 14.5. The van der Waals surface area contributed by atoms with Gasteiger partial charge in [-0.25, -0.2) is 0 Å². The fourth-order valence-electron chi connectivity index (χ4n) is 1.61. The summed E-state index contributed by atoms with van der Waals surface area (Å²) in [4.78, 5) is 11.9. The first-order valence-corrected chi connectivity index (χ1v) is 7.63. The lowest BCUT2D eigenvalue weighted by Crippen LogP contribution is -2.34. The zero-order valence-electron chi connectivity index (χ0n) is 11.6. The van der Waals surface area contributed by atoms with Crippen molar-refractivity contribution in [2.24, 2.45) is 0 Å². The third-order valence-corrected chi connectivity index (χ3v) is 4.03. The highest BCUT2D eigenvalue weighted by molar-refractivity contribution is 14.1. The summed E-state index contributed by atoms with van der Waals surface area (Å²) in [5, 5.41) is 8.67. The molecule has 0 aromatic heterocycles. The van der Waals surface area contributed by atoms with Crippen LogP contribution in [0.25, 0.3) is 0 Å². The summed E-state index contributed by atoms with van der Waals surface area (Å²) in [7, 11) is 0. The molecule has 1 aromatic rings. The lowest BCUT2D eigenvalue weighted by atomic mass is 9.68. The summed E-state index contributed by atoms with van der Waals surface area (Å²) in [6.45, 7) is 6.75. The topological polar surface area (TPSA) is 46.5 Å². The SMILES string of the molecule is CC(C)(C)c1cccc(B(I)C(=O)OCCCO)c1. The Kier molecular flexibility index (Phi) is 6.33. The summed E-state index contributed by atoms with van der Waals surface area (Å²) >= 11 is 2.09. The van der Waals surface area contributed by atoms with Crippen molar-refractivity contribution in [3.8, 4) is 0 Å². The van der Waals surface area contributed by atoms with Crippen molar-refractivity contribution in [3.63, 3.8) is 0 Å². The van der Waals surface area contributed by atoms with Gasteiger partial charge in [0.15, 0.2) is 0 Å². The van der Waals surface area contributed by atoms with E-state index in [1.807, 2.05) is 12.1 Å². The summed E-state index contributed by atoms with van der Waals surface area (Å²) in [5.41, 5.74) is 2.23. The lowest BCUT2D eigenvalue weighted by molar-refractivity contribution is 0.159. The van der Waals surface area contributed by atoms with Crippen LogP contribution in [0.5, 0.6) is 0 Å². The van der Waals surface area contributed by atoms with Gasteiger partial charge in [-0.1, -0.05) is 50.5 Å². The van der Waals surface area contributed by atoms with Gasteiger partial charge in [-0.05, 0) is 11.0 Å². The average Bonchev–Trinajstić information content (AvgIpc) is 2.37. The van der Waals surface area contributed by atoms with Crippen molar-refractivity contribution in [2.75, 3.05) is 13.2 Å². The smallest absolute Gasteiger partial charge is 0.380 e. The maximum Gasteiger partial charge on any atom is 0.380 e. The summed E-state index contributed by atoms with van der Waals surface area (Å²) < 4.78 is 4.81. The summed E-state index contributed by atoms with van der Waals surface area (Å²) in [6, 6.07) is 8.05. The van der Waals surface area contributed by atoms with Gasteiger partial charge in [0, 0.05) is 13.0 Å². The minimum Gasteiger partial charge on any atom is -0.472 e. The third kappa shape index (κ3) is 5.14.